The minimum atomic E-state index is -0.236. The van der Waals surface area contributed by atoms with Crippen molar-refractivity contribution in [2.45, 2.75) is 32.2 Å². The van der Waals surface area contributed by atoms with Crippen molar-refractivity contribution >= 4 is 5.91 Å². The maximum Gasteiger partial charge on any atom is 0.223 e. The highest BCUT2D eigenvalue weighted by molar-refractivity contribution is 5.81. The molecule has 0 atom stereocenters. The Morgan fingerprint density at radius 3 is 2.55 bits per heavy atom. The van der Waals surface area contributed by atoms with Gasteiger partial charge in [-0.2, -0.15) is 0 Å². The van der Waals surface area contributed by atoms with E-state index in [4.69, 9.17) is 5.73 Å². The summed E-state index contributed by atoms with van der Waals surface area (Å²) in [5, 5.41) is 2.90. The molecule has 0 saturated heterocycles. The largest absolute Gasteiger partial charge is 0.350 e. The number of carbonyl (C=O) groups excluding carboxylic acids is 1. The second-order valence-electron chi connectivity index (χ2n) is 3.85. The summed E-state index contributed by atoms with van der Waals surface area (Å²) in [5.41, 5.74) is 5.22. The highest BCUT2D eigenvalue weighted by atomic mass is 16.2. The summed E-state index contributed by atoms with van der Waals surface area (Å²) in [7, 11) is 0. The van der Waals surface area contributed by atoms with Gasteiger partial charge in [-0.25, -0.2) is 0 Å². The number of amides is 1. The van der Waals surface area contributed by atoms with Crippen LogP contribution in [0, 0.1) is 5.92 Å². The van der Waals surface area contributed by atoms with Crippen LogP contribution in [0.25, 0.3) is 0 Å². The smallest absolute Gasteiger partial charge is 0.223 e. The summed E-state index contributed by atoms with van der Waals surface area (Å²) in [6.45, 7) is 4.37. The van der Waals surface area contributed by atoms with Crippen LogP contribution in [-0.4, -0.2) is 18.0 Å². The summed E-state index contributed by atoms with van der Waals surface area (Å²) < 4.78 is 0. The van der Waals surface area contributed by atoms with Gasteiger partial charge in [0.1, 0.15) is 0 Å². The molecule has 3 heteroatoms. The zero-order valence-electron chi connectivity index (χ0n) is 7.18. The lowest BCUT2D eigenvalue weighted by Gasteiger charge is -2.23. The van der Waals surface area contributed by atoms with E-state index in [0.717, 1.165) is 12.8 Å². The summed E-state index contributed by atoms with van der Waals surface area (Å²) in [5.74, 6) is 0.446. The van der Waals surface area contributed by atoms with Crippen molar-refractivity contribution in [1.82, 2.24) is 5.32 Å². The predicted molar refractivity (Wildman–Crippen MR) is 44.0 cm³/mol. The van der Waals surface area contributed by atoms with Crippen molar-refractivity contribution in [3.05, 3.63) is 0 Å². The summed E-state index contributed by atoms with van der Waals surface area (Å²) in [4.78, 5) is 11.2. The van der Waals surface area contributed by atoms with E-state index in [1.54, 1.807) is 0 Å². The van der Waals surface area contributed by atoms with Crippen molar-refractivity contribution in [3.8, 4) is 0 Å². The minimum Gasteiger partial charge on any atom is -0.350 e. The van der Waals surface area contributed by atoms with E-state index in [-0.39, 0.29) is 17.4 Å². The Balaban J connectivity index is 2.33. The molecule has 0 bridgehead atoms. The highest BCUT2D eigenvalue weighted by Gasteiger charge is 2.32. The van der Waals surface area contributed by atoms with Crippen LogP contribution in [0.2, 0.25) is 0 Å². The average molecular weight is 156 g/mol. The van der Waals surface area contributed by atoms with Gasteiger partial charge in [0.15, 0.2) is 0 Å². The van der Waals surface area contributed by atoms with Crippen LogP contribution in [0.1, 0.15) is 26.7 Å². The molecular weight excluding hydrogens is 140 g/mol. The summed E-state index contributed by atoms with van der Waals surface area (Å²) in [6.07, 6.45) is 2.10. The monoisotopic (exact) mass is 156 g/mol. The Kier molecular flexibility index (Phi) is 2.18. The molecule has 1 amide bonds. The van der Waals surface area contributed by atoms with Crippen LogP contribution in [0.5, 0.6) is 0 Å². The van der Waals surface area contributed by atoms with Crippen LogP contribution >= 0.6 is 0 Å². The number of nitrogens with one attached hydrogen (secondary N) is 1. The van der Waals surface area contributed by atoms with Crippen LogP contribution < -0.4 is 11.1 Å². The van der Waals surface area contributed by atoms with Gasteiger partial charge in [-0.1, -0.05) is 0 Å². The second-order valence-corrected chi connectivity index (χ2v) is 3.85. The molecule has 0 aromatic heterocycles. The molecule has 0 unspecified atom stereocenters. The lowest BCUT2D eigenvalue weighted by atomic mass is 10.1. The molecule has 1 aliphatic carbocycles. The van der Waals surface area contributed by atoms with Gasteiger partial charge < -0.3 is 11.1 Å². The molecule has 0 aliphatic heterocycles. The van der Waals surface area contributed by atoms with Crippen LogP contribution in [0.3, 0.4) is 0 Å². The third-order valence-corrected chi connectivity index (χ3v) is 1.92. The molecule has 3 N–H and O–H groups in total. The van der Waals surface area contributed by atoms with E-state index >= 15 is 0 Å². The molecule has 1 aliphatic rings. The third-order valence-electron chi connectivity index (χ3n) is 1.92. The summed E-state index contributed by atoms with van der Waals surface area (Å²) in [6, 6.07) is 0. The van der Waals surface area contributed by atoms with E-state index < -0.39 is 0 Å². The molecule has 11 heavy (non-hydrogen) atoms. The molecule has 0 spiro atoms. The molecular formula is C8H16N2O. The molecule has 1 saturated carbocycles. The van der Waals surface area contributed by atoms with Gasteiger partial charge in [-0.15, -0.1) is 0 Å². The molecule has 1 fully saturated rings. The van der Waals surface area contributed by atoms with E-state index in [1.165, 1.54) is 0 Å². The first-order chi connectivity index (χ1) is 5.05. The number of rotatable bonds is 3. The summed E-state index contributed by atoms with van der Waals surface area (Å²) >= 11 is 0. The highest BCUT2D eigenvalue weighted by Crippen LogP contribution is 2.29. The Bertz CT molecular complexity index is 161. The van der Waals surface area contributed by atoms with Gasteiger partial charge in [-0.05, 0) is 26.7 Å². The van der Waals surface area contributed by atoms with Gasteiger partial charge >= 0.3 is 0 Å². The Morgan fingerprint density at radius 2 is 2.18 bits per heavy atom. The second kappa shape index (κ2) is 2.81. The topological polar surface area (TPSA) is 55.1 Å². The zero-order chi connectivity index (χ0) is 8.48. The van der Waals surface area contributed by atoms with Gasteiger partial charge in [0.05, 0.1) is 0 Å². The maximum absolute atomic E-state index is 11.2. The predicted octanol–water partition coefficient (Wildman–Crippen LogP) is 0.250. The SMILES string of the molecule is CC(C)(CN)NC(=O)C1CC1. The van der Waals surface area contributed by atoms with Crippen LogP contribution in [0.4, 0.5) is 0 Å². The van der Waals surface area contributed by atoms with Crippen molar-refractivity contribution in [2.24, 2.45) is 11.7 Å². The first-order valence-electron chi connectivity index (χ1n) is 4.07. The number of hydrogen-bond donors (Lipinski definition) is 2. The van der Waals surface area contributed by atoms with Crippen molar-refractivity contribution in [2.75, 3.05) is 6.54 Å². The average Bonchev–Trinajstić information content (AvgIpc) is 2.67. The standard InChI is InChI=1S/C8H16N2O/c1-8(2,5-9)10-7(11)6-3-4-6/h6H,3-5,9H2,1-2H3,(H,10,11). The van der Waals surface area contributed by atoms with Crippen LogP contribution in [-0.2, 0) is 4.79 Å². The molecule has 3 nitrogen and oxygen atoms in total. The van der Waals surface area contributed by atoms with Gasteiger partial charge in [0.2, 0.25) is 5.91 Å². The van der Waals surface area contributed by atoms with E-state index in [9.17, 15) is 4.79 Å². The fourth-order valence-electron chi connectivity index (χ4n) is 0.832. The fourth-order valence-corrected chi connectivity index (χ4v) is 0.832. The van der Waals surface area contributed by atoms with E-state index in [1.807, 2.05) is 13.8 Å². The lowest BCUT2D eigenvalue weighted by Crippen LogP contribution is -2.49. The molecule has 1 rings (SSSR count). The molecule has 0 aromatic carbocycles. The van der Waals surface area contributed by atoms with Gasteiger partial charge in [0.25, 0.3) is 0 Å². The molecule has 0 aromatic rings. The normalized spacial score (nSPS) is 18.1. The number of hydrogen-bond acceptors (Lipinski definition) is 2. The van der Waals surface area contributed by atoms with E-state index in [2.05, 4.69) is 5.32 Å². The van der Waals surface area contributed by atoms with Gasteiger partial charge in [-0.3, -0.25) is 4.79 Å². The fraction of sp³-hybridized carbons (Fsp3) is 0.875. The first-order valence-corrected chi connectivity index (χ1v) is 4.07. The van der Waals surface area contributed by atoms with E-state index in [0.29, 0.717) is 6.54 Å². The quantitative estimate of drug-likeness (QED) is 0.615. The van der Waals surface area contributed by atoms with Crippen molar-refractivity contribution < 1.29 is 4.79 Å². The molecule has 0 heterocycles. The third kappa shape index (κ3) is 2.50. The number of carbonyl (C=O) groups is 1. The van der Waals surface area contributed by atoms with Crippen molar-refractivity contribution in [1.29, 1.82) is 0 Å². The van der Waals surface area contributed by atoms with Gasteiger partial charge in [0, 0.05) is 18.0 Å². The Labute approximate surface area is 67.3 Å². The minimum absolute atomic E-state index is 0.167. The molecule has 0 radical (unpaired) electrons. The maximum atomic E-state index is 11.2. The Hall–Kier alpha value is -0.570. The number of nitrogens with two attached hydrogens (primary N) is 1. The van der Waals surface area contributed by atoms with Crippen LogP contribution in [0.15, 0.2) is 0 Å². The van der Waals surface area contributed by atoms with Crippen molar-refractivity contribution in [3.63, 3.8) is 0 Å². The zero-order valence-corrected chi connectivity index (χ0v) is 7.18. The first kappa shape index (κ1) is 8.53. The lowest BCUT2D eigenvalue weighted by molar-refractivity contribution is -0.123. The molecule has 64 valence electrons. The Morgan fingerprint density at radius 1 is 1.64 bits per heavy atom.